The number of benzene rings is 1. The highest BCUT2D eigenvalue weighted by Gasteiger charge is 2.22. The van der Waals surface area contributed by atoms with E-state index in [-0.39, 0.29) is 21.0 Å². The van der Waals surface area contributed by atoms with Gasteiger partial charge < -0.3 is 5.11 Å². The molecule has 0 atom stereocenters. The highest BCUT2D eigenvalue weighted by atomic mass is 35.5. The number of aromatic carboxylic acids is 1. The van der Waals surface area contributed by atoms with Crippen molar-refractivity contribution < 1.29 is 18.3 Å². The average Bonchev–Trinajstić information content (AvgIpc) is 2.83. The fourth-order valence-electron chi connectivity index (χ4n) is 1.74. The first-order chi connectivity index (χ1) is 9.31. The zero-order chi connectivity index (χ0) is 14.9. The molecule has 0 radical (unpaired) electrons. The lowest BCUT2D eigenvalue weighted by Gasteiger charge is -2.13. The zero-order valence-electron chi connectivity index (χ0n) is 10.4. The van der Waals surface area contributed by atoms with Crippen LogP contribution in [0, 0.1) is 6.92 Å². The van der Waals surface area contributed by atoms with Gasteiger partial charge in [0.25, 0.3) is 10.0 Å². The summed E-state index contributed by atoms with van der Waals surface area (Å²) in [4.78, 5) is 13.2. The molecule has 0 amide bonds. The summed E-state index contributed by atoms with van der Waals surface area (Å²) in [5.41, 5.74) is -0.0214. The molecular formula is C12H11ClN2O4S. The molecule has 0 fully saturated rings. The maximum Gasteiger partial charge on any atom is 0.336 e. The Morgan fingerprint density at radius 2 is 1.90 bits per heavy atom. The molecule has 0 aliphatic carbocycles. The van der Waals surface area contributed by atoms with Gasteiger partial charge in [0.1, 0.15) is 0 Å². The van der Waals surface area contributed by atoms with Crippen LogP contribution in [0.1, 0.15) is 15.9 Å². The molecule has 0 unspecified atom stereocenters. The first kappa shape index (κ1) is 14.4. The maximum absolute atomic E-state index is 12.3. The minimum absolute atomic E-state index is 0.0425. The van der Waals surface area contributed by atoms with Crippen LogP contribution in [-0.4, -0.2) is 24.2 Å². The Morgan fingerprint density at radius 3 is 2.45 bits per heavy atom. The lowest BCUT2D eigenvalue weighted by molar-refractivity contribution is 0.0696. The maximum atomic E-state index is 12.3. The number of aromatic nitrogens is 1. The van der Waals surface area contributed by atoms with Crippen molar-refractivity contribution in [2.45, 2.75) is 11.8 Å². The van der Waals surface area contributed by atoms with Gasteiger partial charge in [-0.05, 0) is 36.8 Å². The number of hydrogen-bond acceptors (Lipinski definition) is 3. The minimum atomic E-state index is -3.93. The van der Waals surface area contributed by atoms with E-state index in [2.05, 4.69) is 4.83 Å². The van der Waals surface area contributed by atoms with Crippen LogP contribution in [0.3, 0.4) is 0 Å². The standard InChI is InChI=1S/C12H11ClN2O4S/c1-8-10(12(16)17)6-9(13)7-11(8)20(18,19)14-15-4-2-3-5-15/h2-7,14H,1H3,(H,16,17). The summed E-state index contributed by atoms with van der Waals surface area (Å²) in [5.74, 6) is -1.23. The third-order valence-corrected chi connectivity index (χ3v) is 4.35. The fraction of sp³-hybridized carbons (Fsp3) is 0.0833. The van der Waals surface area contributed by atoms with Crippen molar-refractivity contribution in [1.29, 1.82) is 0 Å². The van der Waals surface area contributed by atoms with Crippen molar-refractivity contribution in [2.24, 2.45) is 0 Å². The van der Waals surface area contributed by atoms with Crippen molar-refractivity contribution >= 4 is 27.6 Å². The van der Waals surface area contributed by atoms with E-state index in [1.54, 1.807) is 12.1 Å². The smallest absolute Gasteiger partial charge is 0.336 e. The van der Waals surface area contributed by atoms with Gasteiger partial charge in [0.05, 0.1) is 10.5 Å². The van der Waals surface area contributed by atoms with Gasteiger partial charge in [-0.25, -0.2) is 9.63 Å². The largest absolute Gasteiger partial charge is 0.478 e. The molecule has 2 aromatic rings. The second-order valence-electron chi connectivity index (χ2n) is 4.07. The van der Waals surface area contributed by atoms with E-state index >= 15 is 0 Å². The van der Waals surface area contributed by atoms with Crippen LogP contribution in [0.15, 0.2) is 41.6 Å². The first-order valence-electron chi connectivity index (χ1n) is 5.50. The second-order valence-corrected chi connectivity index (χ2v) is 6.13. The van der Waals surface area contributed by atoms with Crippen LogP contribution in [0.5, 0.6) is 0 Å². The third-order valence-electron chi connectivity index (χ3n) is 2.67. The van der Waals surface area contributed by atoms with Gasteiger partial charge in [-0.3, -0.25) is 4.68 Å². The van der Waals surface area contributed by atoms with Gasteiger partial charge in [0.15, 0.2) is 0 Å². The van der Waals surface area contributed by atoms with Crippen molar-refractivity contribution in [3.05, 3.63) is 52.8 Å². The van der Waals surface area contributed by atoms with Gasteiger partial charge in [0, 0.05) is 17.4 Å². The number of carboxylic acids is 1. The molecule has 0 spiro atoms. The van der Waals surface area contributed by atoms with E-state index in [9.17, 15) is 13.2 Å². The predicted molar refractivity (Wildman–Crippen MR) is 74.1 cm³/mol. The van der Waals surface area contributed by atoms with Gasteiger partial charge in [-0.15, -0.1) is 0 Å². The van der Waals surface area contributed by atoms with Crippen LogP contribution in [0.25, 0.3) is 0 Å². The number of carboxylic acid groups (broad SMARTS) is 1. The lowest BCUT2D eigenvalue weighted by Crippen LogP contribution is -2.23. The molecule has 1 aromatic carbocycles. The summed E-state index contributed by atoms with van der Waals surface area (Å²) in [6, 6.07) is 5.73. The summed E-state index contributed by atoms with van der Waals surface area (Å²) in [5, 5.41) is 9.10. The van der Waals surface area contributed by atoms with Crippen LogP contribution in [-0.2, 0) is 10.0 Å². The Balaban J connectivity index is 2.54. The molecule has 0 saturated carbocycles. The van der Waals surface area contributed by atoms with Crippen molar-refractivity contribution in [1.82, 2.24) is 4.68 Å². The number of halogens is 1. The summed E-state index contributed by atoms with van der Waals surface area (Å²) >= 11 is 5.79. The van der Waals surface area contributed by atoms with Crippen molar-refractivity contribution in [3.63, 3.8) is 0 Å². The topological polar surface area (TPSA) is 88.4 Å². The molecule has 0 bridgehead atoms. The summed E-state index contributed by atoms with van der Waals surface area (Å²) in [7, 11) is -3.93. The highest BCUT2D eigenvalue weighted by Crippen LogP contribution is 2.24. The van der Waals surface area contributed by atoms with E-state index in [1.807, 2.05) is 0 Å². The Hall–Kier alpha value is -1.99. The molecule has 0 saturated heterocycles. The molecule has 106 valence electrons. The summed E-state index contributed by atoms with van der Waals surface area (Å²) in [6.45, 7) is 1.42. The zero-order valence-corrected chi connectivity index (χ0v) is 11.9. The van der Waals surface area contributed by atoms with Gasteiger partial charge >= 0.3 is 5.97 Å². The Labute approximate surface area is 120 Å². The quantitative estimate of drug-likeness (QED) is 0.904. The summed E-state index contributed by atoms with van der Waals surface area (Å²) < 4.78 is 25.8. The Bertz CT molecular complexity index is 754. The monoisotopic (exact) mass is 314 g/mol. The van der Waals surface area contributed by atoms with Crippen LogP contribution < -0.4 is 4.83 Å². The second kappa shape index (κ2) is 5.18. The van der Waals surface area contributed by atoms with Gasteiger partial charge in [-0.1, -0.05) is 11.6 Å². The number of sulfonamides is 1. The molecule has 0 aliphatic rings. The fourth-order valence-corrected chi connectivity index (χ4v) is 3.31. The number of hydrogen-bond donors (Lipinski definition) is 2. The number of nitrogens with zero attached hydrogens (tertiary/aromatic N) is 1. The molecule has 0 aliphatic heterocycles. The van der Waals surface area contributed by atoms with E-state index < -0.39 is 16.0 Å². The number of rotatable bonds is 4. The minimum Gasteiger partial charge on any atom is -0.478 e. The Kier molecular flexibility index (Phi) is 3.74. The van der Waals surface area contributed by atoms with Crippen LogP contribution in [0.2, 0.25) is 5.02 Å². The van der Waals surface area contributed by atoms with E-state index in [4.69, 9.17) is 16.7 Å². The molecule has 6 nitrogen and oxygen atoms in total. The van der Waals surface area contributed by atoms with E-state index in [0.29, 0.717) is 0 Å². The lowest BCUT2D eigenvalue weighted by atomic mass is 10.1. The normalized spacial score (nSPS) is 11.3. The predicted octanol–water partition coefficient (Wildman–Crippen LogP) is 2.08. The number of carbonyl (C=O) groups is 1. The van der Waals surface area contributed by atoms with Gasteiger partial charge in [-0.2, -0.15) is 8.42 Å². The molecule has 2 rings (SSSR count). The first-order valence-corrected chi connectivity index (χ1v) is 7.36. The molecule has 2 N–H and O–H groups in total. The number of nitrogens with one attached hydrogen (secondary N) is 1. The SMILES string of the molecule is Cc1c(C(=O)O)cc(Cl)cc1S(=O)(=O)Nn1cccc1. The summed E-state index contributed by atoms with van der Waals surface area (Å²) in [6.07, 6.45) is 3.02. The molecule has 8 heteroatoms. The third kappa shape index (κ3) is 2.78. The molecule has 1 heterocycles. The van der Waals surface area contributed by atoms with Crippen LogP contribution in [0.4, 0.5) is 0 Å². The van der Waals surface area contributed by atoms with Crippen molar-refractivity contribution in [3.8, 4) is 0 Å². The molecular weight excluding hydrogens is 304 g/mol. The highest BCUT2D eigenvalue weighted by molar-refractivity contribution is 7.92. The Morgan fingerprint density at radius 1 is 1.30 bits per heavy atom. The molecule has 1 aromatic heterocycles. The van der Waals surface area contributed by atoms with Crippen molar-refractivity contribution in [2.75, 3.05) is 4.83 Å². The average molecular weight is 315 g/mol. The van der Waals surface area contributed by atoms with Gasteiger partial charge in [0.2, 0.25) is 0 Å². The van der Waals surface area contributed by atoms with E-state index in [1.165, 1.54) is 36.1 Å². The molecule has 20 heavy (non-hydrogen) atoms. The van der Waals surface area contributed by atoms with E-state index in [0.717, 1.165) is 0 Å². The van der Waals surface area contributed by atoms with Crippen LogP contribution >= 0.6 is 11.6 Å².